The predicted molar refractivity (Wildman–Crippen MR) is 40.2 cm³/mol. The molecule has 0 aliphatic rings. The summed E-state index contributed by atoms with van der Waals surface area (Å²) in [6, 6.07) is 0. The highest BCUT2D eigenvalue weighted by atomic mass is 19.1. The Balaban J connectivity index is 4.69. The van der Waals surface area contributed by atoms with Crippen LogP contribution in [0.3, 0.4) is 0 Å². The largest absolute Gasteiger partial charge is 0.502 e. The van der Waals surface area contributed by atoms with E-state index in [1.54, 1.807) is 0 Å². The van der Waals surface area contributed by atoms with E-state index in [0.717, 1.165) is 0 Å². The molecule has 7 heteroatoms. The second-order valence-electron chi connectivity index (χ2n) is 2.03. The van der Waals surface area contributed by atoms with Crippen LogP contribution in [0.1, 0.15) is 0 Å². The smallest absolute Gasteiger partial charge is 0.371 e. The number of hydrogen-bond acceptors (Lipinski definition) is 4. The van der Waals surface area contributed by atoms with Crippen molar-refractivity contribution in [2.45, 2.75) is 0 Å². The maximum Gasteiger partial charge on any atom is 0.371 e. The van der Waals surface area contributed by atoms with Gasteiger partial charge in [-0.25, -0.2) is 9.59 Å². The van der Waals surface area contributed by atoms with Gasteiger partial charge in [0.25, 0.3) is 0 Å². The molecule has 0 radical (unpaired) electrons. The van der Waals surface area contributed by atoms with E-state index in [0.29, 0.717) is 0 Å². The van der Waals surface area contributed by atoms with Crippen molar-refractivity contribution in [3.05, 3.63) is 23.7 Å². The number of carbonyl (C=O) groups excluding carboxylic acids is 1. The molecule has 0 heterocycles. The maximum absolute atomic E-state index is 12.2. The lowest BCUT2D eigenvalue weighted by atomic mass is 10.3. The Morgan fingerprint density at radius 1 is 0.929 bits per heavy atom. The van der Waals surface area contributed by atoms with E-state index in [9.17, 15) is 18.8 Å². The number of carbonyl (C=O) groups is 3. The van der Waals surface area contributed by atoms with E-state index in [1.807, 2.05) is 0 Å². The molecule has 0 aromatic heterocycles. The van der Waals surface area contributed by atoms with Crippen LogP contribution in [0.5, 0.6) is 0 Å². The van der Waals surface area contributed by atoms with Gasteiger partial charge in [0.1, 0.15) is 0 Å². The molecule has 76 valence electrons. The number of carboxylic acids is 2. The van der Waals surface area contributed by atoms with E-state index in [4.69, 9.17) is 15.3 Å². The average molecular weight is 204 g/mol. The molecule has 0 unspecified atom stereocenters. The van der Waals surface area contributed by atoms with Crippen molar-refractivity contribution in [1.82, 2.24) is 0 Å². The number of aliphatic hydroxyl groups is 1. The van der Waals surface area contributed by atoms with Gasteiger partial charge >= 0.3 is 11.9 Å². The molecule has 6 nitrogen and oxygen atoms in total. The summed E-state index contributed by atoms with van der Waals surface area (Å²) < 4.78 is 12.2. The Kier molecular flexibility index (Phi) is 4.01. The fraction of sp³-hybridized carbons (Fsp3) is 0. The zero-order valence-electron chi connectivity index (χ0n) is 6.60. The summed E-state index contributed by atoms with van der Waals surface area (Å²) in [7, 11) is 0. The number of hydrogen-bond donors (Lipinski definition) is 3. The highest BCUT2D eigenvalue weighted by Crippen LogP contribution is 1.98. The third-order valence-corrected chi connectivity index (χ3v) is 0.971. The Morgan fingerprint density at radius 2 is 1.43 bits per heavy atom. The van der Waals surface area contributed by atoms with Gasteiger partial charge in [-0.05, 0) is 0 Å². The molecule has 0 aromatic rings. The van der Waals surface area contributed by atoms with E-state index in [2.05, 4.69) is 0 Å². The summed E-state index contributed by atoms with van der Waals surface area (Å²) in [5, 5.41) is 24.5. The van der Waals surface area contributed by atoms with E-state index < -0.39 is 29.3 Å². The van der Waals surface area contributed by atoms with Crippen LogP contribution in [0.4, 0.5) is 4.39 Å². The summed E-state index contributed by atoms with van der Waals surface area (Å²) in [4.78, 5) is 30.4. The number of allylic oxidation sites excluding steroid dienone is 2. The molecule has 3 N–H and O–H groups in total. The van der Waals surface area contributed by atoms with Gasteiger partial charge in [0.05, 0.1) is 0 Å². The molecule has 14 heavy (non-hydrogen) atoms. The van der Waals surface area contributed by atoms with Crippen molar-refractivity contribution in [2.24, 2.45) is 0 Å². The van der Waals surface area contributed by atoms with Gasteiger partial charge in [-0.1, -0.05) is 0 Å². The summed E-state index contributed by atoms with van der Waals surface area (Å²) in [6.07, 6.45) is 0.229. The van der Waals surface area contributed by atoms with Crippen molar-refractivity contribution >= 4 is 17.7 Å². The average Bonchev–Trinajstić information content (AvgIpc) is 2.03. The van der Waals surface area contributed by atoms with Gasteiger partial charge in [-0.2, -0.15) is 4.39 Å². The van der Waals surface area contributed by atoms with Crippen molar-refractivity contribution in [2.75, 3.05) is 0 Å². The minimum absolute atomic E-state index is 0.0431. The fourth-order valence-electron chi connectivity index (χ4n) is 0.425. The molecule has 0 aromatic carbocycles. The number of halogens is 1. The molecule has 0 rings (SSSR count). The zero-order valence-corrected chi connectivity index (χ0v) is 6.60. The lowest BCUT2D eigenvalue weighted by Crippen LogP contribution is -2.03. The van der Waals surface area contributed by atoms with Gasteiger partial charge in [0, 0.05) is 12.2 Å². The minimum Gasteiger partial charge on any atom is -0.502 e. The Morgan fingerprint density at radius 3 is 1.79 bits per heavy atom. The second-order valence-corrected chi connectivity index (χ2v) is 2.03. The van der Waals surface area contributed by atoms with Gasteiger partial charge in [-0.3, -0.25) is 4.79 Å². The molecule has 0 saturated carbocycles. The maximum atomic E-state index is 12.2. The van der Waals surface area contributed by atoms with Gasteiger partial charge in [0.2, 0.25) is 11.6 Å². The molecular formula is C7H5FO6. The quantitative estimate of drug-likeness (QED) is 0.439. The number of ketones is 1. The van der Waals surface area contributed by atoms with Gasteiger partial charge in [0.15, 0.2) is 5.78 Å². The summed E-state index contributed by atoms with van der Waals surface area (Å²) in [5.41, 5.74) is 0. The third kappa shape index (κ3) is 4.00. The van der Waals surface area contributed by atoms with Crippen LogP contribution < -0.4 is 0 Å². The Hall–Kier alpha value is -2.18. The monoisotopic (exact) mass is 204 g/mol. The minimum atomic E-state index is -1.96. The second kappa shape index (κ2) is 4.75. The van der Waals surface area contributed by atoms with Crippen LogP contribution in [0.25, 0.3) is 0 Å². The number of rotatable bonds is 4. The molecule has 0 saturated heterocycles. The molecule has 0 spiro atoms. The first kappa shape index (κ1) is 11.8. The molecule has 0 fully saturated rings. The van der Waals surface area contributed by atoms with E-state index in [-0.39, 0.29) is 12.2 Å². The standard InChI is InChI=1S/C7H5FO6/c8-4(6(11)12)1-3(9)2-5(10)7(13)14/h1-2,10H,(H,11,12)(H,13,14)/b4-1?,5-2-. The third-order valence-electron chi connectivity index (χ3n) is 0.971. The van der Waals surface area contributed by atoms with Crippen LogP contribution >= 0.6 is 0 Å². The van der Waals surface area contributed by atoms with Crippen LogP contribution in [-0.4, -0.2) is 33.0 Å². The lowest BCUT2D eigenvalue weighted by Gasteiger charge is -1.89. The summed E-state index contributed by atoms with van der Waals surface area (Å²) in [5.74, 6) is -8.05. The molecule has 0 bridgehead atoms. The van der Waals surface area contributed by atoms with Crippen LogP contribution in [-0.2, 0) is 14.4 Å². The number of aliphatic carboxylic acids is 2. The Bertz CT molecular complexity index is 308. The summed E-state index contributed by atoms with van der Waals surface area (Å²) >= 11 is 0. The van der Waals surface area contributed by atoms with Crippen molar-refractivity contribution < 1.29 is 34.1 Å². The van der Waals surface area contributed by atoms with Crippen LogP contribution in [0.2, 0.25) is 0 Å². The molecule has 0 aliphatic carbocycles. The Labute approximate surface area is 76.6 Å². The van der Waals surface area contributed by atoms with E-state index >= 15 is 0 Å². The number of aliphatic hydroxyl groups excluding tert-OH is 1. The normalized spacial score (nSPS) is 12.4. The molecular weight excluding hydrogens is 199 g/mol. The van der Waals surface area contributed by atoms with Crippen molar-refractivity contribution in [1.29, 1.82) is 0 Å². The predicted octanol–water partition coefficient (Wildman–Crippen LogP) is 0.0200. The highest BCUT2D eigenvalue weighted by molar-refractivity contribution is 6.06. The van der Waals surface area contributed by atoms with Gasteiger partial charge in [-0.15, -0.1) is 0 Å². The lowest BCUT2D eigenvalue weighted by molar-refractivity contribution is -0.136. The van der Waals surface area contributed by atoms with Crippen LogP contribution in [0.15, 0.2) is 23.7 Å². The highest BCUT2D eigenvalue weighted by Gasteiger charge is 2.10. The van der Waals surface area contributed by atoms with E-state index in [1.165, 1.54) is 0 Å². The van der Waals surface area contributed by atoms with Crippen molar-refractivity contribution in [3.8, 4) is 0 Å². The first-order valence-corrected chi connectivity index (χ1v) is 3.13. The van der Waals surface area contributed by atoms with Crippen molar-refractivity contribution in [3.63, 3.8) is 0 Å². The first-order chi connectivity index (χ1) is 6.34. The van der Waals surface area contributed by atoms with Crippen LogP contribution in [0, 0.1) is 0 Å². The number of carboxylic acid groups (broad SMARTS) is 2. The fourth-order valence-corrected chi connectivity index (χ4v) is 0.425. The van der Waals surface area contributed by atoms with Gasteiger partial charge < -0.3 is 15.3 Å². The SMILES string of the molecule is O=C(C=C(F)C(=O)O)/C=C(\O)C(=O)O. The molecule has 0 amide bonds. The molecule has 0 atom stereocenters. The molecule has 0 aliphatic heterocycles. The topological polar surface area (TPSA) is 112 Å². The zero-order chi connectivity index (χ0) is 11.3. The summed E-state index contributed by atoms with van der Waals surface area (Å²) in [6.45, 7) is 0. The first-order valence-electron chi connectivity index (χ1n) is 3.13.